The van der Waals surface area contributed by atoms with Crippen molar-refractivity contribution in [1.29, 1.82) is 0 Å². The van der Waals surface area contributed by atoms with Gasteiger partial charge in [-0.15, -0.1) is 0 Å². The highest BCUT2D eigenvalue weighted by molar-refractivity contribution is 7.17. The van der Waals surface area contributed by atoms with Gasteiger partial charge in [0.05, 0.1) is 0 Å². The van der Waals surface area contributed by atoms with Gasteiger partial charge in [-0.25, -0.2) is 0 Å². The number of hydrogen-bond acceptors (Lipinski definition) is 2. The fourth-order valence-corrected chi connectivity index (χ4v) is 2.49. The molecule has 1 aromatic rings. The molecule has 9 heteroatoms. The third-order valence-electron chi connectivity index (χ3n) is 3.34. The first kappa shape index (κ1) is 20.0. The predicted octanol–water partition coefficient (Wildman–Crippen LogP) is 3.48. The molecule has 132 valence electrons. The molecule has 23 heavy (non-hydrogen) atoms. The van der Waals surface area contributed by atoms with Gasteiger partial charge in [-0.3, -0.25) is 4.79 Å². The summed E-state index contributed by atoms with van der Waals surface area (Å²) >= 11 is 0. The molecule has 0 spiro atoms. The molecule has 3 nitrogen and oxygen atoms in total. The first-order chi connectivity index (χ1) is 10.3. The molecule has 0 N–H and O–H groups in total. The lowest BCUT2D eigenvalue weighted by molar-refractivity contribution is -0.144. The number of halogens is 5. The normalized spacial score (nSPS) is 13.2. The minimum atomic E-state index is -4.90. The number of nitrogens with zero attached hydrogens (tertiary/aromatic N) is 2. The summed E-state index contributed by atoms with van der Waals surface area (Å²) in [5.74, 6) is -0.628. The third kappa shape index (κ3) is 4.73. The Morgan fingerprint density at radius 3 is 2.09 bits per heavy atom. The van der Waals surface area contributed by atoms with E-state index in [0.717, 1.165) is 0 Å². The topological polar surface area (TPSA) is 25.2 Å². The highest BCUT2D eigenvalue weighted by atomic mass is 31.0. The number of rotatable bonds is 5. The van der Waals surface area contributed by atoms with E-state index in [-0.39, 0.29) is 18.7 Å². The van der Waals surface area contributed by atoms with E-state index in [4.69, 9.17) is 0 Å². The van der Waals surface area contributed by atoms with E-state index >= 15 is 0 Å². The van der Waals surface area contributed by atoms with Gasteiger partial charge in [0.2, 0.25) is 0 Å². The van der Waals surface area contributed by atoms with Crippen LogP contribution in [-0.2, 0) is 18.4 Å². The zero-order chi connectivity index (χ0) is 18.2. The second-order valence-corrected chi connectivity index (χ2v) is 6.62. The minimum Gasteiger partial charge on any atom is -0.308 e. The van der Waals surface area contributed by atoms with Crippen LogP contribution in [0.4, 0.5) is 22.0 Å². The zero-order valence-electron chi connectivity index (χ0n) is 13.3. The van der Waals surface area contributed by atoms with Crippen LogP contribution in [0.25, 0.3) is 0 Å². The summed E-state index contributed by atoms with van der Waals surface area (Å²) in [6.45, 7) is 2.95. The lowest BCUT2D eigenvalue weighted by Crippen LogP contribution is -2.36. The first-order valence-electron chi connectivity index (χ1n) is 6.93. The Balaban J connectivity index is 3.74. The van der Waals surface area contributed by atoms with Crippen molar-refractivity contribution in [1.82, 2.24) is 9.47 Å². The fourth-order valence-electron chi connectivity index (χ4n) is 2.25. The van der Waals surface area contributed by atoms with Crippen LogP contribution in [0.3, 0.4) is 0 Å². The highest BCUT2D eigenvalue weighted by Gasteiger charge is 2.40. The molecule has 1 rings (SSSR count). The van der Waals surface area contributed by atoms with E-state index in [2.05, 4.69) is 0 Å². The summed E-state index contributed by atoms with van der Waals surface area (Å²) in [6, 6.07) is 0.388. The third-order valence-corrected chi connectivity index (χ3v) is 3.65. The van der Waals surface area contributed by atoms with Gasteiger partial charge in [0.25, 0.3) is 11.2 Å². The van der Waals surface area contributed by atoms with Crippen LogP contribution in [0, 0.1) is 0 Å². The van der Waals surface area contributed by atoms with E-state index in [1.54, 1.807) is 19.0 Å². The summed E-state index contributed by atoms with van der Waals surface area (Å²) < 4.78 is 67.6. The van der Waals surface area contributed by atoms with Crippen molar-refractivity contribution < 1.29 is 22.0 Å². The van der Waals surface area contributed by atoms with Crippen LogP contribution in [0.2, 0.25) is 0 Å². The maximum Gasteiger partial charge on any atom is 0.431 e. The number of aromatic nitrogens is 1. The molecule has 1 unspecified atom stereocenters. The average molecular weight is 358 g/mol. The first-order valence-corrected chi connectivity index (χ1v) is 7.51. The maximum absolute atomic E-state index is 13.7. The van der Waals surface area contributed by atoms with Gasteiger partial charge in [0.1, 0.15) is 5.69 Å². The molecule has 0 saturated heterocycles. The second kappa shape index (κ2) is 6.85. The minimum absolute atomic E-state index is 0.178. The van der Waals surface area contributed by atoms with E-state index < -0.39 is 34.6 Å². The van der Waals surface area contributed by atoms with Gasteiger partial charge in [-0.05, 0) is 26.1 Å². The number of hydrogen-bond donors (Lipinski definition) is 0. The van der Waals surface area contributed by atoms with Crippen LogP contribution in [0.1, 0.15) is 36.6 Å². The summed E-state index contributed by atoms with van der Waals surface area (Å²) in [4.78, 5) is 14.1. The Bertz CT molecular complexity index is 617. The van der Waals surface area contributed by atoms with Crippen molar-refractivity contribution in [3.05, 3.63) is 33.2 Å². The maximum atomic E-state index is 13.7. The number of alkyl halides is 5. The monoisotopic (exact) mass is 358 g/mol. The molecular formula is C14H20F5N2OP. The molecule has 0 radical (unpaired) electrons. The molecule has 0 saturated carbocycles. The Morgan fingerprint density at radius 2 is 1.74 bits per heavy atom. The van der Waals surface area contributed by atoms with E-state index in [0.29, 0.717) is 10.6 Å². The van der Waals surface area contributed by atoms with Crippen molar-refractivity contribution in [3.8, 4) is 0 Å². The summed E-state index contributed by atoms with van der Waals surface area (Å²) in [7, 11) is 4.49. The molecule has 0 aliphatic heterocycles. The quantitative estimate of drug-likeness (QED) is 0.595. The highest BCUT2D eigenvalue weighted by Crippen LogP contribution is 2.40. The van der Waals surface area contributed by atoms with Crippen molar-refractivity contribution >= 4 is 9.24 Å². The van der Waals surface area contributed by atoms with Crippen LogP contribution in [-0.4, -0.2) is 30.1 Å². The average Bonchev–Trinajstić information content (AvgIpc) is 2.32. The molecule has 0 fully saturated rings. The Morgan fingerprint density at radius 1 is 1.22 bits per heavy atom. The van der Waals surface area contributed by atoms with Crippen molar-refractivity contribution in [2.75, 3.05) is 20.6 Å². The van der Waals surface area contributed by atoms with Crippen molar-refractivity contribution in [3.63, 3.8) is 0 Å². The molecule has 0 bridgehead atoms. The lowest BCUT2D eigenvalue weighted by atomic mass is 9.97. The van der Waals surface area contributed by atoms with Gasteiger partial charge < -0.3 is 9.47 Å². The van der Waals surface area contributed by atoms with Gasteiger partial charge >= 0.3 is 6.18 Å². The molecule has 0 aliphatic rings. The summed E-state index contributed by atoms with van der Waals surface area (Å²) in [5, 5.41) is 0. The zero-order valence-corrected chi connectivity index (χ0v) is 14.5. The standard InChI is InChI=1S/C14H20F5N2OP/c1-8(2)11-9(14(18,19)23)7-10(13(15,16)17)21(12(11)22)6-5-20(3)4/h7-8H,5-6,23H2,1-4H3. The predicted molar refractivity (Wildman–Crippen MR) is 82.0 cm³/mol. The van der Waals surface area contributed by atoms with Crippen LogP contribution >= 0.6 is 9.24 Å². The smallest absolute Gasteiger partial charge is 0.308 e. The van der Waals surface area contributed by atoms with Gasteiger partial charge in [-0.2, -0.15) is 22.0 Å². The molecule has 1 atom stereocenters. The van der Waals surface area contributed by atoms with Crippen LogP contribution in [0.5, 0.6) is 0 Å². The Labute approximate surface area is 133 Å². The molecule has 0 aromatic carbocycles. The Hall–Kier alpha value is -1.01. The van der Waals surface area contributed by atoms with E-state index in [1.807, 2.05) is 0 Å². The van der Waals surface area contributed by atoms with Crippen LogP contribution in [0.15, 0.2) is 10.9 Å². The molecule has 1 heterocycles. The van der Waals surface area contributed by atoms with Gasteiger partial charge in [0.15, 0.2) is 0 Å². The van der Waals surface area contributed by atoms with Gasteiger partial charge in [0, 0.05) is 24.2 Å². The molecule has 1 aromatic heterocycles. The van der Waals surface area contributed by atoms with Gasteiger partial charge in [-0.1, -0.05) is 23.1 Å². The molecular weight excluding hydrogens is 338 g/mol. The summed E-state index contributed by atoms with van der Waals surface area (Å²) in [5.41, 5.74) is -7.17. The van der Waals surface area contributed by atoms with Crippen molar-refractivity contribution in [2.24, 2.45) is 0 Å². The Kier molecular flexibility index (Phi) is 5.97. The number of pyridine rings is 1. The van der Waals surface area contributed by atoms with Crippen LogP contribution < -0.4 is 5.56 Å². The fraction of sp³-hybridized carbons (Fsp3) is 0.643. The summed E-state index contributed by atoms with van der Waals surface area (Å²) in [6.07, 6.45) is -4.90. The largest absolute Gasteiger partial charge is 0.431 e. The second-order valence-electron chi connectivity index (χ2n) is 5.89. The van der Waals surface area contributed by atoms with Crippen molar-refractivity contribution in [2.45, 2.75) is 38.2 Å². The van der Waals surface area contributed by atoms with E-state index in [9.17, 15) is 26.7 Å². The molecule has 0 amide bonds. The lowest BCUT2D eigenvalue weighted by Gasteiger charge is -2.24. The SMILES string of the molecule is CC(C)c1c(C(F)(F)P)cc(C(F)(F)F)n(CCN(C)C)c1=O. The number of likely N-dealkylation sites (N-methyl/N-ethyl adjacent to an activating group) is 1. The molecule has 0 aliphatic carbocycles. The van der Waals surface area contributed by atoms with E-state index in [1.165, 1.54) is 23.1 Å².